The van der Waals surface area contributed by atoms with Gasteiger partial charge in [-0.3, -0.25) is 0 Å². The minimum Gasteiger partial charge on any atom is -0.305 e. The van der Waals surface area contributed by atoms with Crippen molar-refractivity contribution in [2.75, 3.05) is 7.11 Å². The smallest absolute Gasteiger partial charge is 0.305 e. The van der Waals surface area contributed by atoms with E-state index in [1.807, 2.05) is 0 Å². The summed E-state index contributed by atoms with van der Waals surface area (Å²) in [5.74, 6) is -3.47. The van der Waals surface area contributed by atoms with Crippen molar-refractivity contribution in [1.82, 2.24) is 5.48 Å². The summed E-state index contributed by atoms with van der Waals surface area (Å²) in [5.41, 5.74) is 2.11. The van der Waals surface area contributed by atoms with E-state index in [0.717, 1.165) is 12.1 Å². The Balaban J connectivity index is 2.99. The van der Waals surface area contributed by atoms with E-state index in [-0.39, 0.29) is 6.54 Å². The van der Waals surface area contributed by atoms with Crippen molar-refractivity contribution in [1.29, 1.82) is 0 Å². The molecule has 0 radical (unpaired) electrons. The lowest BCUT2D eigenvalue weighted by Crippen LogP contribution is -2.34. The molecule has 0 fully saturated rings. The van der Waals surface area contributed by atoms with Crippen LogP contribution in [0.3, 0.4) is 0 Å². The molecule has 19 heavy (non-hydrogen) atoms. The van der Waals surface area contributed by atoms with E-state index < -0.39 is 23.8 Å². The predicted octanol–water partition coefficient (Wildman–Crippen LogP) is 3.55. The maximum Gasteiger partial charge on any atom is 0.404 e. The lowest BCUT2D eigenvalue weighted by molar-refractivity contribution is -0.253. The molecule has 0 aliphatic carbocycles. The highest BCUT2D eigenvalue weighted by molar-refractivity contribution is 5.27. The maximum atomic E-state index is 12.5. The number of hydrogen-bond acceptors (Lipinski definition) is 2. The summed E-state index contributed by atoms with van der Waals surface area (Å²) in [4.78, 5) is 4.52. The normalized spacial score (nSPS) is 13.1. The van der Waals surface area contributed by atoms with Crippen molar-refractivity contribution in [3.63, 3.8) is 0 Å². The quantitative estimate of drug-likeness (QED) is 0.675. The Morgan fingerprint density at radius 2 is 1.47 bits per heavy atom. The van der Waals surface area contributed by atoms with Gasteiger partial charge in [0.05, 0.1) is 7.11 Å². The van der Waals surface area contributed by atoms with E-state index in [0.29, 0.717) is 5.56 Å². The number of alkyl halides is 6. The average Bonchev–Trinajstić information content (AvgIpc) is 2.24. The highest BCUT2D eigenvalue weighted by Gasteiger charge is 2.57. The lowest BCUT2D eigenvalue weighted by Gasteiger charge is -2.23. The van der Waals surface area contributed by atoms with Crippen LogP contribution in [0.2, 0.25) is 0 Å². The van der Waals surface area contributed by atoms with Crippen LogP contribution in [-0.4, -0.2) is 19.5 Å². The van der Waals surface area contributed by atoms with Gasteiger partial charge in [0.1, 0.15) is 0 Å². The summed E-state index contributed by atoms with van der Waals surface area (Å²) in [6, 6.07) is 4.01. The highest BCUT2D eigenvalue weighted by Crippen LogP contribution is 2.46. The molecule has 0 bridgehead atoms. The Kier molecular flexibility index (Phi) is 4.81. The van der Waals surface area contributed by atoms with Gasteiger partial charge in [0.2, 0.25) is 0 Å². The molecule has 0 heterocycles. The zero-order chi connectivity index (χ0) is 14.7. The highest BCUT2D eigenvalue weighted by atomic mass is 19.4. The first-order chi connectivity index (χ1) is 8.66. The summed E-state index contributed by atoms with van der Waals surface area (Å²) in [7, 11) is 1.34. The van der Waals surface area contributed by atoms with Crippen molar-refractivity contribution in [2.45, 2.75) is 24.8 Å². The van der Waals surface area contributed by atoms with Crippen LogP contribution in [0.5, 0.6) is 0 Å². The molecule has 1 rings (SSSR count). The van der Waals surface area contributed by atoms with Gasteiger partial charge in [-0.2, -0.15) is 31.8 Å². The van der Waals surface area contributed by atoms with Gasteiger partial charge in [-0.1, -0.05) is 24.3 Å². The zero-order valence-electron chi connectivity index (χ0n) is 9.77. The van der Waals surface area contributed by atoms with Crippen LogP contribution in [-0.2, 0) is 11.4 Å². The van der Waals surface area contributed by atoms with E-state index in [9.17, 15) is 26.3 Å². The van der Waals surface area contributed by atoms with Gasteiger partial charge in [-0.05, 0) is 11.1 Å². The van der Waals surface area contributed by atoms with Crippen molar-refractivity contribution in [3.8, 4) is 0 Å². The Labute approximate surface area is 105 Å². The number of hydroxylamine groups is 1. The van der Waals surface area contributed by atoms with Crippen molar-refractivity contribution >= 4 is 0 Å². The first-order valence-corrected chi connectivity index (χ1v) is 5.14. The van der Waals surface area contributed by atoms with Gasteiger partial charge in [0.15, 0.2) is 5.92 Å². The molecule has 0 saturated heterocycles. The summed E-state index contributed by atoms with van der Waals surface area (Å²) in [6.07, 6.45) is -10.7. The third-order valence-corrected chi connectivity index (χ3v) is 2.39. The van der Waals surface area contributed by atoms with E-state index >= 15 is 0 Å². The molecular weight excluding hydrogens is 276 g/mol. The third kappa shape index (κ3) is 4.39. The fourth-order valence-corrected chi connectivity index (χ4v) is 1.55. The lowest BCUT2D eigenvalue weighted by atomic mass is 9.97. The fraction of sp³-hybridized carbons (Fsp3) is 0.455. The zero-order valence-corrected chi connectivity index (χ0v) is 9.77. The SMILES string of the molecule is CONCc1ccc(C(C(F)(F)F)C(F)(F)F)cc1. The predicted molar refractivity (Wildman–Crippen MR) is 55.1 cm³/mol. The molecule has 0 unspecified atom stereocenters. The van der Waals surface area contributed by atoms with Gasteiger partial charge < -0.3 is 4.84 Å². The van der Waals surface area contributed by atoms with Gasteiger partial charge >= 0.3 is 12.4 Å². The fourth-order valence-electron chi connectivity index (χ4n) is 1.55. The second-order valence-corrected chi connectivity index (χ2v) is 3.78. The second-order valence-electron chi connectivity index (χ2n) is 3.78. The van der Waals surface area contributed by atoms with Crippen LogP contribution in [0.4, 0.5) is 26.3 Å². The van der Waals surface area contributed by atoms with Gasteiger partial charge in [0.25, 0.3) is 0 Å². The topological polar surface area (TPSA) is 21.3 Å². The minimum atomic E-state index is -5.37. The van der Waals surface area contributed by atoms with Crippen LogP contribution in [0.25, 0.3) is 0 Å². The standard InChI is InChI=1S/C11H11F6NO/c1-19-18-6-7-2-4-8(5-3-7)9(10(12,13)14)11(15,16)17/h2-5,9,18H,6H2,1H3. The van der Waals surface area contributed by atoms with Crippen LogP contribution < -0.4 is 5.48 Å². The van der Waals surface area contributed by atoms with E-state index in [4.69, 9.17) is 0 Å². The first kappa shape index (κ1) is 15.8. The van der Waals surface area contributed by atoms with E-state index in [1.165, 1.54) is 19.2 Å². The number of benzene rings is 1. The van der Waals surface area contributed by atoms with E-state index in [2.05, 4.69) is 10.3 Å². The van der Waals surface area contributed by atoms with Gasteiger partial charge in [-0.15, -0.1) is 0 Å². The maximum absolute atomic E-state index is 12.5. The Bertz CT molecular complexity index is 383. The van der Waals surface area contributed by atoms with Crippen LogP contribution in [0.15, 0.2) is 24.3 Å². The molecule has 0 aromatic heterocycles. The Hall–Kier alpha value is -1.28. The van der Waals surface area contributed by atoms with Gasteiger partial charge in [-0.25, -0.2) is 0 Å². The Morgan fingerprint density at radius 3 is 1.84 bits per heavy atom. The molecule has 0 spiro atoms. The number of rotatable bonds is 4. The van der Waals surface area contributed by atoms with Crippen LogP contribution in [0, 0.1) is 0 Å². The molecular formula is C11H11F6NO. The molecule has 108 valence electrons. The Morgan fingerprint density at radius 1 is 1.00 bits per heavy atom. The number of hydrogen-bond donors (Lipinski definition) is 1. The number of halogens is 6. The summed E-state index contributed by atoms with van der Waals surface area (Å²) < 4.78 is 74.7. The molecule has 2 nitrogen and oxygen atoms in total. The largest absolute Gasteiger partial charge is 0.404 e. The molecule has 1 aromatic rings. The summed E-state index contributed by atoms with van der Waals surface area (Å²) >= 11 is 0. The molecule has 0 aliphatic rings. The molecule has 0 atom stereocenters. The molecule has 0 aliphatic heterocycles. The summed E-state index contributed by atoms with van der Waals surface area (Å²) in [5, 5.41) is 0. The minimum absolute atomic E-state index is 0.180. The van der Waals surface area contributed by atoms with E-state index in [1.54, 1.807) is 0 Å². The molecule has 1 N–H and O–H groups in total. The monoisotopic (exact) mass is 287 g/mol. The molecule has 0 saturated carbocycles. The third-order valence-electron chi connectivity index (χ3n) is 2.39. The molecule has 1 aromatic carbocycles. The van der Waals surface area contributed by atoms with Crippen molar-refractivity contribution in [2.24, 2.45) is 0 Å². The van der Waals surface area contributed by atoms with Crippen molar-refractivity contribution < 1.29 is 31.2 Å². The van der Waals surface area contributed by atoms with Crippen LogP contribution >= 0.6 is 0 Å². The van der Waals surface area contributed by atoms with Crippen molar-refractivity contribution in [3.05, 3.63) is 35.4 Å². The molecule has 8 heteroatoms. The average molecular weight is 287 g/mol. The number of nitrogens with one attached hydrogen (secondary N) is 1. The second kappa shape index (κ2) is 5.79. The first-order valence-electron chi connectivity index (χ1n) is 5.14. The molecule has 0 amide bonds. The van der Waals surface area contributed by atoms with Crippen LogP contribution in [0.1, 0.15) is 17.0 Å². The van der Waals surface area contributed by atoms with Gasteiger partial charge in [0, 0.05) is 6.54 Å². The summed E-state index contributed by atoms with van der Waals surface area (Å²) in [6.45, 7) is 0.180.